The van der Waals surface area contributed by atoms with Crippen molar-refractivity contribution < 1.29 is 14.7 Å². The van der Waals surface area contributed by atoms with Gasteiger partial charge in [-0.3, -0.25) is 9.89 Å². The van der Waals surface area contributed by atoms with Crippen LogP contribution in [-0.2, 0) is 0 Å². The summed E-state index contributed by atoms with van der Waals surface area (Å²) in [6.45, 7) is 1.77. The number of carbonyl (C=O) groups excluding carboxylic acids is 1. The number of anilines is 1. The van der Waals surface area contributed by atoms with Gasteiger partial charge >= 0.3 is 5.97 Å². The number of amides is 1. The molecule has 0 fully saturated rings. The molecule has 2 aromatic rings. The van der Waals surface area contributed by atoms with Crippen molar-refractivity contribution in [3.8, 4) is 0 Å². The van der Waals surface area contributed by atoms with Gasteiger partial charge in [-0.2, -0.15) is 5.10 Å². The molecule has 0 bridgehead atoms. The van der Waals surface area contributed by atoms with Crippen molar-refractivity contribution in [2.45, 2.75) is 6.92 Å². The van der Waals surface area contributed by atoms with E-state index >= 15 is 0 Å². The molecule has 0 saturated heterocycles. The summed E-state index contributed by atoms with van der Waals surface area (Å²) < 4.78 is 0. The van der Waals surface area contributed by atoms with Crippen LogP contribution in [-0.4, -0.2) is 27.2 Å². The summed E-state index contributed by atoms with van der Waals surface area (Å²) in [7, 11) is 0. The van der Waals surface area contributed by atoms with E-state index in [4.69, 9.17) is 5.11 Å². The Hall–Kier alpha value is -2.63. The predicted octanol–water partition coefficient (Wildman–Crippen LogP) is 1.67. The topological polar surface area (TPSA) is 95.1 Å². The fourth-order valence-electron chi connectivity index (χ4n) is 1.50. The maximum absolute atomic E-state index is 11.8. The Morgan fingerprint density at radius 3 is 2.67 bits per heavy atom. The van der Waals surface area contributed by atoms with Crippen LogP contribution >= 0.6 is 0 Å². The minimum Gasteiger partial charge on any atom is -0.478 e. The van der Waals surface area contributed by atoms with Crippen LogP contribution in [0.1, 0.15) is 26.5 Å². The molecule has 0 aliphatic carbocycles. The number of hydrogen-bond donors (Lipinski definition) is 3. The lowest BCUT2D eigenvalue weighted by molar-refractivity contribution is 0.0698. The third-order valence-corrected chi connectivity index (χ3v) is 2.34. The molecule has 0 saturated carbocycles. The lowest BCUT2D eigenvalue weighted by Crippen LogP contribution is -2.15. The molecule has 0 spiro atoms. The molecular weight excluding hydrogens is 234 g/mol. The number of para-hydroxylation sites is 1. The molecule has 2 rings (SSSR count). The molecule has 18 heavy (non-hydrogen) atoms. The van der Waals surface area contributed by atoms with Gasteiger partial charge < -0.3 is 10.4 Å². The van der Waals surface area contributed by atoms with E-state index in [9.17, 15) is 9.59 Å². The van der Waals surface area contributed by atoms with Gasteiger partial charge in [-0.25, -0.2) is 4.79 Å². The van der Waals surface area contributed by atoms with Gasteiger partial charge in [-0.05, 0) is 25.1 Å². The van der Waals surface area contributed by atoms with Crippen molar-refractivity contribution in [2.75, 3.05) is 5.32 Å². The largest absolute Gasteiger partial charge is 0.478 e. The molecule has 0 atom stereocenters. The lowest BCUT2D eigenvalue weighted by Gasteiger charge is -2.06. The van der Waals surface area contributed by atoms with E-state index < -0.39 is 11.9 Å². The van der Waals surface area contributed by atoms with E-state index in [2.05, 4.69) is 15.5 Å². The normalized spacial score (nSPS) is 10.1. The van der Waals surface area contributed by atoms with Crippen LogP contribution in [0.5, 0.6) is 0 Å². The van der Waals surface area contributed by atoms with Crippen LogP contribution in [0.25, 0.3) is 0 Å². The first kappa shape index (κ1) is 11.8. The van der Waals surface area contributed by atoms with E-state index in [0.29, 0.717) is 0 Å². The summed E-state index contributed by atoms with van der Waals surface area (Å²) in [5, 5.41) is 17.9. The number of aromatic carboxylic acids is 1. The minimum absolute atomic E-state index is 0.0399. The van der Waals surface area contributed by atoms with Crippen LogP contribution in [0.2, 0.25) is 0 Å². The van der Waals surface area contributed by atoms with Crippen molar-refractivity contribution in [3.63, 3.8) is 0 Å². The number of nitrogens with zero attached hydrogens (tertiary/aromatic N) is 1. The van der Waals surface area contributed by atoms with Gasteiger partial charge in [0.1, 0.15) is 0 Å². The van der Waals surface area contributed by atoms with Crippen molar-refractivity contribution >= 4 is 17.6 Å². The first-order chi connectivity index (χ1) is 8.58. The third kappa shape index (κ3) is 2.37. The minimum atomic E-state index is -1.09. The van der Waals surface area contributed by atoms with Gasteiger partial charge in [0, 0.05) is 5.69 Å². The van der Waals surface area contributed by atoms with E-state index in [0.717, 1.165) is 5.69 Å². The highest BCUT2D eigenvalue weighted by Gasteiger charge is 2.14. The number of rotatable bonds is 3. The molecule has 6 nitrogen and oxygen atoms in total. The van der Waals surface area contributed by atoms with Crippen LogP contribution in [0.3, 0.4) is 0 Å². The molecule has 0 aliphatic rings. The summed E-state index contributed by atoms with van der Waals surface area (Å²) in [6, 6.07) is 7.78. The molecule has 1 aromatic heterocycles. The quantitative estimate of drug-likeness (QED) is 0.766. The molecule has 1 heterocycles. The Kier molecular flexibility index (Phi) is 3.09. The molecule has 0 aliphatic heterocycles. The number of aromatic amines is 1. The number of nitrogens with one attached hydrogen (secondary N) is 2. The maximum Gasteiger partial charge on any atom is 0.337 e. The van der Waals surface area contributed by atoms with Gasteiger partial charge in [0.2, 0.25) is 0 Å². The number of carboxylic acid groups (broad SMARTS) is 1. The van der Waals surface area contributed by atoms with Crippen LogP contribution in [0.4, 0.5) is 5.69 Å². The molecule has 3 N–H and O–H groups in total. The zero-order valence-electron chi connectivity index (χ0n) is 9.60. The summed E-state index contributed by atoms with van der Waals surface area (Å²) >= 11 is 0. The Labute approximate surface area is 103 Å². The van der Waals surface area contributed by atoms with Crippen LogP contribution < -0.4 is 5.32 Å². The number of benzene rings is 1. The standard InChI is InChI=1S/C12H11N3O3/c1-7-6-10(15-14-7)11(16)13-9-5-3-2-4-8(9)12(17)18/h2-6H,1H3,(H,13,16)(H,14,15)(H,17,18). The Balaban J connectivity index is 2.24. The molecule has 1 amide bonds. The summed E-state index contributed by atoms with van der Waals surface area (Å²) in [5.74, 6) is -1.54. The van der Waals surface area contributed by atoms with E-state index in [1.165, 1.54) is 12.1 Å². The highest BCUT2D eigenvalue weighted by atomic mass is 16.4. The molecule has 0 radical (unpaired) electrons. The fourth-order valence-corrected chi connectivity index (χ4v) is 1.50. The average Bonchev–Trinajstić information content (AvgIpc) is 2.76. The predicted molar refractivity (Wildman–Crippen MR) is 64.7 cm³/mol. The van der Waals surface area contributed by atoms with Crippen molar-refractivity contribution in [2.24, 2.45) is 0 Å². The van der Waals surface area contributed by atoms with E-state index in [1.54, 1.807) is 25.1 Å². The Bertz CT molecular complexity index is 604. The number of aryl methyl sites for hydroxylation is 1. The monoisotopic (exact) mass is 245 g/mol. The van der Waals surface area contributed by atoms with Crippen molar-refractivity contribution in [1.82, 2.24) is 10.2 Å². The molecule has 1 aromatic carbocycles. The Morgan fingerprint density at radius 1 is 1.33 bits per heavy atom. The number of carboxylic acids is 1. The van der Waals surface area contributed by atoms with Crippen molar-refractivity contribution in [1.29, 1.82) is 0 Å². The first-order valence-electron chi connectivity index (χ1n) is 5.23. The van der Waals surface area contributed by atoms with Gasteiger partial charge in [0.25, 0.3) is 5.91 Å². The van der Waals surface area contributed by atoms with E-state index in [-0.39, 0.29) is 16.9 Å². The van der Waals surface area contributed by atoms with Crippen LogP contribution in [0.15, 0.2) is 30.3 Å². The highest BCUT2D eigenvalue weighted by molar-refractivity contribution is 6.06. The maximum atomic E-state index is 11.8. The third-order valence-electron chi connectivity index (χ3n) is 2.34. The lowest BCUT2D eigenvalue weighted by atomic mass is 10.2. The smallest absolute Gasteiger partial charge is 0.337 e. The van der Waals surface area contributed by atoms with Gasteiger partial charge in [-0.15, -0.1) is 0 Å². The van der Waals surface area contributed by atoms with Crippen molar-refractivity contribution in [3.05, 3.63) is 47.3 Å². The fraction of sp³-hybridized carbons (Fsp3) is 0.0833. The highest BCUT2D eigenvalue weighted by Crippen LogP contribution is 2.15. The molecule has 0 unspecified atom stereocenters. The average molecular weight is 245 g/mol. The SMILES string of the molecule is Cc1cc(C(=O)Nc2ccccc2C(=O)O)n[nH]1. The zero-order chi connectivity index (χ0) is 13.1. The number of H-pyrrole nitrogens is 1. The molecule has 92 valence electrons. The van der Waals surface area contributed by atoms with Gasteiger partial charge in [0.15, 0.2) is 5.69 Å². The zero-order valence-corrected chi connectivity index (χ0v) is 9.60. The number of aromatic nitrogens is 2. The van der Waals surface area contributed by atoms with Gasteiger partial charge in [-0.1, -0.05) is 12.1 Å². The molecule has 6 heteroatoms. The summed E-state index contributed by atoms with van der Waals surface area (Å²) in [6.07, 6.45) is 0. The van der Waals surface area contributed by atoms with Crippen LogP contribution in [0, 0.1) is 6.92 Å². The Morgan fingerprint density at radius 2 is 2.06 bits per heavy atom. The van der Waals surface area contributed by atoms with Gasteiger partial charge in [0.05, 0.1) is 11.3 Å². The molecular formula is C12H11N3O3. The van der Waals surface area contributed by atoms with E-state index in [1.807, 2.05) is 0 Å². The number of carbonyl (C=O) groups is 2. The number of hydrogen-bond acceptors (Lipinski definition) is 3. The first-order valence-corrected chi connectivity index (χ1v) is 5.23. The summed E-state index contributed by atoms with van der Waals surface area (Å²) in [5.41, 5.74) is 1.26. The second-order valence-corrected chi connectivity index (χ2v) is 3.74. The second-order valence-electron chi connectivity index (χ2n) is 3.74. The second kappa shape index (κ2) is 4.70. The summed E-state index contributed by atoms with van der Waals surface area (Å²) in [4.78, 5) is 22.8.